The summed E-state index contributed by atoms with van der Waals surface area (Å²) in [7, 11) is 0. The van der Waals surface area contributed by atoms with Gasteiger partial charge in [0.1, 0.15) is 5.82 Å². The predicted octanol–water partition coefficient (Wildman–Crippen LogP) is 1.76. The molecule has 0 spiro atoms. The molecule has 7 heteroatoms. The largest absolute Gasteiger partial charge is 0.355 e. The van der Waals surface area contributed by atoms with Crippen molar-refractivity contribution in [2.45, 2.75) is 33.1 Å². The van der Waals surface area contributed by atoms with Gasteiger partial charge in [-0.2, -0.15) is 0 Å². The molecule has 2 rings (SSSR count). The van der Waals surface area contributed by atoms with E-state index in [1.807, 2.05) is 13.8 Å². The van der Waals surface area contributed by atoms with Crippen molar-refractivity contribution in [1.29, 1.82) is 0 Å². The fourth-order valence-corrected chi connectivity index (χ4v) is 3.34. The highest BCUT2D eigenvalue weighted by Gasteiger charge is 2.25. The van der Waals surface area contributed by atoms with Crippen LogP contribution in [0.15, 0.2) is 24.3 Å². The number of carbonyl (C=O) groups is 3. The lowest BCUT2D eigenvalue weighted by atomic mass is 9.87. The average Bonchev–Trinajstić information content (AvgIpc) is 2.63. The highest BCUT2D eigenvalue weighted by atomic mass is 19.1. The summed E-state index contributed by atoms with van der Waals surface area (Å²) in [5.74, 6) is -0.843. The van der Waals surface area contributed by atoms with Gasteiger partial charge in [0, 0.05) is 46.1 Å². The van der Waals surface area contributed by atoms with E-state index in [9.17, 15) is 18.8 Å². The van der Waals surface area contributed by atoms with Crippen molar-refractivity contribution in [1.82, 2.24) is 15.1 Å². The molecule has 0 aromatic heterocycles. The fraction of sp³-hybridized carbons (Fsp3) is 0.550. The van der Waals surface area contributed by atoms with Gasteiger partial charge in [-0.15, -0.1) is 0 Å². The summed E-state index contributed by atoms with van der Waals surface area (Å²) in [5.41, 5.74) is 0.760. The second-order valence-electron chi connectivity index (χ2n) is 7.20. The smallest absolute Gasteiger partial charge is 0.227 e. The summed E-state index contributed by atoms with van der Waals surface area (Å²) < 4.78 is 13.1. The zero-order chi connectivity index (χ0) is 20.0. The van der Waals surface area contributed by atoms with Crippen molar-refractivity contribution in [3.8, 4) is 0 Å². The van der Waals surface area contributed by atoms with E-state index in [1.54, 1.807) is 21.9 Å². The van der Waals surface area contributed by atoms with E-state index in [0.717, 1.165) is 5.56 Å². The van der Waals surface area contributed by atoms with Crippen molar-refractivity contribution >= 4 is 17.7 Å². The molecule has 1 aromatic rings. The molecule has 27 heavy (non-hydrogen) atoms. The normalized spacial score (nSPS) is 15.6. The molecule has 1 N–H and O–H groups in total. The Bertz CT molecular complexity index is 668. The molecule has 0 bridgehead atoms. The summed E-state index contributed by atoms with van der Waals surface area (Å²) in [5, 5.41) is 2.83. The van der Waals surface area contributed by atoms with Crippen LogP contribution in [0.5, 0.6) is 0 Å². The zero-order valence-corrected chi connectivity index (χ0v) is 16.2. The Labute approximate surface area is 159 Å². The van der Waals surface area contributed by atoms with Gasteiger partial charge < -0.3 is 15.1 Å². The van der Waals surface area contributed by atoms with Crippen molar-refractivity contribution in [3.05, 3.63) is 35.6 Å². The number of benzene rings is 1. The van der Waals surface area contributed by atoms with Crippen LogP contribution in [-0.4, -0.2) is 60.2 Å². The van der Waals surface area contributed by atoms with Crippen LogP contribution in [-0.2, 0) is 14.4 Å². The fourth-order valence-electron chi connectivity index (χ4n) is 3.34. The zero-order valence-electron chi connectivity index (χ0n) is 16.2. The van der Waals surface area contributed by atoms with Gasteiger partial charge in [0.25, 0.3) is 0 Å². The molecule has 3 amide bonds. The monoisotopic (exact) mass is 377 g/mol. The molecule has 148 valence electrons. The maximum absolute atomic E-state index is 13.1. The van der Waals surface area contributed by atoms with Crippen LogP contribution >= 0.6 is 0 Å². The minimum atomic E-state index is -0.389. The van der Waals surface area contributed by atoms with Crippen molar-refractivity contribution < 1.29 is 18.8 Å². The molecule has 0 saturated carbocycles. The molecule has 6 nitrogen and oxygen atoms in total. The van der Waals surface area contributed by atoms with E-state index < -0.39 is 0 Å². The van der Waals surface area contributed by atoms with E-state index in [-0.39, 0.29) is 48.3 Å². The lowest BCUT2D eigenvalue weighted by molar-refractivity contribution is -0.138. The van der Waals surface area contributed by atoms with E-state index in [0.29, 0.717) is 26.2 Å². The van der Waals surface area contributed by atoms with Crippen LogP contribution in [0, 0.1) is 11.7 Å². The topological polar surface area (TPSA) is 69.7 Å². The van der Waals surface area contributed by atoms with E-state index >= 15 is 0 Å². The van der Waals surface area contributed by atoms with Crippen LogP contribution in [0.3, 0.4) is 0 Å². The maximum Gasteiger partial charge on any atom is 0.227 e. The third kappa shape index (κ3) is 5.77. The van der Waals surface area contributed by atoms with Gasteiger partial charge in [-0.05, 0) is 23.6 Å². The highest BCUT2D eigenvalue weighted by Crippen LogP contribution is 2.24. The SMILES string of the molecule is CC(=O)N1CCN(C(=O)CCNC(=O)C(c2ccc(F)cc2)C(C)C)CC1. The molecular weight excluding hydrogens is 349 g/mol. The first-order valence-corrected chi connectivity index (χ1v) is 9.36. The lowest BCUT2D eigenvalue weighted by Crippen LogP contribution is -2.50. The van der Waals surface area contributed by atoms with Gasteiger partial charge in [0.2, 0.25) is 17.7 Å². The van der Waals surface area contributed by atoms with Gasteiger partial charge in [-0.1, -0.05) is 26.0 Å². The summed E-state index contributed by atoms with van der Waals surface area (Å²) >= 11 is 0. The molecule has 1 unspecified atom stereocenters. The van der Waals surface area contributed by atoms with E-state index in [4.69, 9.17) is 0 Å². The standard InChI is InChI=1S/C20H28FN3O3/c1-14(2)19(16-4-6-17(21)7-5-16)20(27)22-9-8-18(26)24-12-10-23(11-13-24)15(3)25/h4-7,14,19H,8-13H2,1-3H3,(H,22,27). The lowest BCUT2D eigenvalue weighted by Gasteiger charge is -2.34. The van der Waals surface area contributed by atoms with Crippen molar-refractivity contribution in [3.63, 3.8) is 0 Å². The molecular formula is C20H28FN3O3. The first-order chi connectivity index (χ1) is 12.8. The number of nitrogens with one attached hydrogen (secondary N) is 1. The number of rotatable bonds is 6. The molecule has 1 aliphatic rings. The Kier molecular flexibility index (Phi) is 7.33. The van der Waals surface area contributed by atoms with Crippen LogP contribution in [0.4, 0.5) is 4.39 Å². The second kappa shape index (κ2) is 9.48. The van der Waals surface area contributed by atoms with Crippen LogP contribution in [0.2, 0.25) is 0 Å². The summed E-state index contributed by atoms with van der Waals surface area (Å²) in [4.78, 5) is 39.7. The van der Waals surface area contributed by atoms with E-state index in [2.05, 4.69) is 5.32 Å². The Morgan fingerprint density at radius 3 is 2.11 bits per heavy atom. The molecule has 1 saturated heterocycles. The van der Waals surface area contributed by atoms with Crippen molar-refractivity contribution in [2.75, 3.05) is 32.7 Å². The Morgan fingerprint density at radius 2 is 1.59 bits per heavy atom. The third-order valence-electron chi connectivity index (χ3n) is 4.89. The molecule has 1 aliphatic heterocycles. The molecule has 0 radical (unpaired) electrons. The van der Waals surface area contributed by atoms with Crippen LogP contribution < -0.4 is 5.32 Å². The quantitative estimate of drug-likeness (QED) is 0.821. The Hall–Kier alpha value is -2.44. The number of amides is 3. The minimum Gasteiger partial charge on any atom is -0.355 e. The molecule has 1 atom stereocenters. The number of halogens is 1. The Balaban J connectivity index is 1.82. The predicted molar refractivity (Wildman–Crippen MR) is 100 cm³/mol. The number of nitrogens with zero attached hydrogens (tertiary/aromatic N) is 2. The number of hydrogen-bond acceptors (Lipinski definition) is 3. The van der Waals surface area contributed by atoms with Gasteiger partial charge in [-0.25, -0.2) is 4.39 Å². The molecule has 1 heterocycles. The van der Waals surface area contributed by atoms with Gasteiger partial charge in [-0.3, -0.25) is 14.4 Å². The first-order valence-electron chi connectivity index (χ1n) is 9.36. The number of piperazine rings is 1. The number of hydrogen-bond donors (Lipinski definition) is 1. The number of carbonyl (C=O) groups excluding carboxylic acids is 3. The summed E-state index contributed by atoms with van der Waals surface area (Å²) in [6, 6.07) is 5.95. The summed E-state index contributed by atoms with van der Waals surface area (Å²) in [6.07, 6.45) is 0.222. The first kappa shape index (κ1) is 20.9. The molecule has 1 fully saturated rings. The molecule has 0 aliphatic carbocycles. The molecule has 1 aromatic carbocycles. The van der Waals surface area contributed by atoms with Gasteiger partial charge in [0.05, 0.1) is 5.92 Å². The average molecular weight is 377 g/mol. The second-order valence-corrected chi connectivity index (χ2v) is 7.20. The highest BCUT2D eigenvalue weighted by molar-refractivity contribution is 5.84. The third-order valence-corrected chi connectivity index (χ3v) is 4.89. The minimum absolute atomic E-state index is 0.0230. The van der Waals surface area contributed by atoms with Crippen molar-refractivity contribution in [2.24, 2.45) is 5.92 Å². The van der Waals surface area contributed by atoms with Gasteiger partial charge in [0.15, 0.2) is 0 Å². The van der Waals surface area contributed by atoms with E-state index in [1.165, 1.54) is 19.1 Å². The maximum atomic E-state index is 13.1. The van der Waals surface area contributed by atoms with Crippen LogP contribution in [0.1, 0.15) is 38.7 Å². The van der Waals surface area contributed by atoms with Crippen LogP contribution in [0.25, 0.3) is 0 Å². The van der Waals surface area contributed by atoms with Gasteiger partial charge >= 0.3 is 0 Å². The summed E-state index contributed by atoms with van der Waals surface area (Å²) in [6.45, 7) is 7.81. The Morgan fingerprint density at radius 1 is 1.04 bits per heavy atom.